The topological polar surface area (TPSA) is 49.4 Å². The fourth-order valence-electron chi connectivity index (χ4n) is 3.16. The first kappa shape index (κ1) is 15.0. The smallest absolute Gasteiger partial charge is 0.225 e. The van der Waals surface area contributed by atoms with Crippen molar-refractivity contribution >= 4 is 11.8 Å². The van der Waals surface area contributed by atoms with Crippen molar-refractivity contribution in [2.24, 2.45) is 11.8 Å². The lowest BCUT2D eigenvalue weighted by Gasteiger charge is -2.38. The van der Waals surface area contributed by atoms with Gasteiger partial charge in [0.25, 0.3) is 0 Å². The molecule has 5 heteroatoms. The van der Waals surface area contributed by atoms with Crippen LogP contribution in [0.5, 0.6) is 0 Å². The highest BCUT2D eigenvalue weighted by Gasteiger charge is 2.39. The zero-order valence-electron chi connectivity index (χ0n) is 12.7. The molecule has 1 aromatic rings. The number of piperidine rings is 1. The minimum atomic E-state index is -0.392. The van der Waals surface area contributed by atoms with Crippen LogP contribution in [0, 0.1) is 17.7 Å². The Hall–Kier alpha value is -1.91. The van der Waals surface area contributed by atoms with Crippen LogP contribution >= 0.6 is 0 Å². The maximum atomic E-state index is 13.5. The van der Waals surface area contributed by atoms with E-state index < -0.39 is 6.04 Å². The molecule has 22 heavy (non-hydrogen) atoms. The van der Waals surface area contributed by atoms with E-state index in [1.165, 1.54) is 25.0 Å². The van der Waals surface area contributed by atoms with Crippen molar-refractivity contribution in [3.05, 3.63) is 35.6 Å². The minimum absolute atomic E-state index is 0.000467. The Morgan fingerprint density at radius 3 is 2.82 bits per heavy atom. The van der Waals surface area contributed by atoms with E-state index in [4.69, 9.17) is 0 Å². The molecule has 1 aliphatic carbocycles. The Morgan fingerprint density at radius 2 is 2.14 bits per heavy atom. The van der Waals surface area contributed by atoms with Crippen molar-refractivity contribution in [2.75, 3.05) is 13.6 Å². The van der Waals surface area contributed by atoms with Crippen LogP contribution in [0.25, 0.3) is 0 Å². The van der Waals surface area contributed by atoms with Crippen molar-refractivity contribution in [2.45, 2.75) is 31.7 Å². The summed E-state index contributed by atoms with van der Waals surface area (Å²) in [6.07, 6.45) is 3.23. The first-order valence-corrected chi connectivity index (χ1v) is 7.85. The normalized spacial score (nSPS) is 25.2. The van der Waals surface area contributed by atoms with Crippen LogP contribution < -0.4 is 5.32 Å². The largest absolute Gasteiger partial charge is 0.356 e. The molecule has 3 rings (SSSR count). The Bertz CT molecular complexity index is 586. The number of benzene rings is 1. The van der Waals surface area contributed by atoms with Gasteiger partial charge in [0.05, 0.1) is 12.0 Å². The number of rotatable bonds is 4. The fourth-order valence-corrected chi connectivity index (χ4v) is 3.16. The van der Waals surface area contributed by atoms with Crippen molar-refractivity contribution in [1.29, 1.82) is 0 Å². The lowest BCUT2D eigenvalue weighted by Crippen LogP contribution is -2.46. The lowest BCUT2D eigenvalue weighted by molar-refractivity contribution is -0.141. The van der Waals surface area contributed by atoms with Crippen LogP contribution in [0.15, 0.2) is 24.3 Å². The second-order valence-electron chi connectivity index (χ2n) is 6.34. The Labute approximate surface area is 129 Å². The highest BCUT2D eigenvalue weighted by Crippen LogP contribution is 2.36. The molecule has 1 saturated carbocycles. The van der Waals surface area contributed by atoms with Crippen molar-refractivity contribution in [3.8, 4) is 0 Å². The molecule has 1 saturated heterocycles. The molecule has 2 fully saturated rings. The summed E-state index contributed by atoms with van der Waals surface area (Å²) in [6.45, 7) is 0.711. The van der Waals surface area contributed by atoms with Crippen LogP contribution in [0.4, 0.5) is 4.39 Å². The van der Waals surface area contributed by atoms with Crippen molar-refractivity contribution in [3.63, 3.8) is 0 Å². The number of nitrogens with one attached hydrogen (secondary N) is 1. The third kappa shape index (κ3) is 3.13. The number of hydrogen-bond donors (Lipinski definition) is 1. The first-order valence-electron chi connectivity index (χ1n) is 7.85. The average Bonchev–Trinajstić information content (AvgIpc) is 3.31. The van der Waals surface area contributed by atoms with E-state index in [2.05, 4.69) is 5.32 Å². The van der Waals surface area contributed by atoms with Gasteiger partial charge < -0.3 is 10.2 Å². The van der Waals surface area contributed by atoms with Crippen molar-refractivity contribution in [1.82, 2.24) is 10.2 Å². The standard InChI is InChI=1S/C17H21FN2O2/c1-20-15(21)8-7-14(17(22)19-10-11-5-6-11)16(20)12-3-2-4-13(18)9-12/h2-4,9,11,14,16H,5-8,10H2,1H3,(H,19,22). The van der Waals surface area contributed by atoms with Crippen LogP contribution in [0.1, 0.15) is 37.3 Å². The second kappa shape index (κ2) is 6.07. The maximum absolute atomic E-state index is 13.5. The van der Waals surface area contributed by atoms with Gasteiger partial charge in [-0.25, -0.2) is 4.39 Å². The minimum Gasteiger partial charge on any atom is -0.356 e. The first-order chi connectivity index (χ1) is 10.6. The number of carbonyl (C=O) groups is 2. The molecule has 2 aliphatic rings. The molecular formula is C17H21FN2O2. The van der Waals surface area contributed by atoms with E-state index in [9.17, 15) is 14.0 Å². The summed E-state index contributed by atoms with van der Waals surface area (Å²) in [5, 5.41) is 2.99. The summed E-state index contributed by atoms with van der Waals surface area (Å²) in [6, 6.07) is 5.80. The van der Waals surface area contributed by atoms with E-state index in [-0.39, 0.29) is 23.5 Å². The number of likely N-dealkylation sites (tertiary alicyclic amines) is 1. The monoisotopic (exact) mass is 304 g/mol. The summed E-state index contributed by atoms with van der Waals surface area (Å²) >= 11 is 0. The molecular weight excluding hydrogens is 283 g/mol. The van der Waals surface area contributed by atoms with Gasteiger partial charge in [-0.05, 0) is 42.9 Å². The molecule has 1 N–H and O–H groups in total. The van der Waals surface area contributed by atoms with Gasteiger partial charge >= 0.3 is 0 Å². The predicted molar refractivity (Wildman–Crippen MR) is 80.4 cm³/mol. The highest BCUT2D eigenvalue weighted by atomic mass is 19.1. The third-order valence-corrected chi connectivity index (χ3v) is 4.65. The molecule has 1 aliphatic heterocycles. The second-order valence-corrected chi connectivity index (χ2v) is 6.34. The molecule has 2 atom stereocenters. The molecule has 4 nitrogen and oxygen atoms in total. The quantitative estimate of drug-likeness (QED) is 0.927. The molecule has 2 amide bonds. The van der Waals surface area contributed by atoms with Gasteiger partial charge in [0, 0.05) is 20.0 Å². The maximum Gasteiger partial charge on any atom is 0.225 e. The van der Waals surface area contributed by atoms with Gasteiger partial charge in [0.1, 0.15) is 5.82 Å². The van der Waals surface area contributed by atoms with Gasteiger partial charge in [-0.1, -0.05) is 12.1 Å². The summed E-state index contributed by atoms with van der Waals surface area (Å²) in [5.41, 5.74) is 0.683. The zero-order chi connectivity index (χ0) is 15.7. The molecule has 118 valence electrons. The SMILES string of the molecule is CN1C(=O)CCC(C(=O)NCC2CC2)C1c1cccc(F)c1. The van der Waals surface area contributed by atoms with E-state index in [1.807, 2.05) is 0 Å². The fraction of sp³-hybridized carbons (Fsp3) is 0.529. The number of hydrogen-bond acceptors (Lipinski definition) is 2. The van der Waals surface area contributed by atoms with Gasteiger partial charge in [0.15, 0.2) is 0 Å². The van der Waals surface area contributed by atoms with Crippen LogP contribution in [-0.2, 0) is 9.59 Å². The predicted octanol–water partition coefficient (Wildman–Crippen LogP) is 2.26. The molecule has 1 heterocycles. The molecule has 2 unspecified atom stereocenters. The Balaban J connectivity index is 1.81. The molecule has 0 radical (unpaired) electrons. The molecule has 1 aromatic carbocycles. The van der Waals surface area contributed by atoms with E-state index >= 15 is 0 Å². The Kier molecular flexibility index (Phi) is 4.14. The summed E-state index contributed by atoms with van der Waals surface area (Å²) in [4.78, 5) is 26.1. The van der Waals surface area contributed by atoms with Gasteiger partial charge in [-0.3, -0.25) is 9.59 Å². The molecule has 0 spiro atoms. The molecule has 0 aromatic heterocycles. The van der Waals surface area contributed by atoms with E-state index in [1.54, 1.807) is 24.1 Å². The number of halogens is 1. The number of amides is 2. The van der Waals surface area contributed by atoms with E-state index in [0.29, 0.717) is 30.9 Å². The lowest BCUT2D eigenvalue weighted by atomic mass is 9.84. The van der Waals surface area contributed by atoms with Crippen LogP contribution in [0.3, 0.4) is 0 Å². The van der Waals surface area contributed by atoms with Crippen LogP contribution in [0.2, 0.25) is 0 Å². The number of nitrogens with zero attached hydrogens (tertiary/aromatic N) is 1. The number of carbonyl (C=O) groups excluding carboxylic acids is 2. The summed E-state index contributed by atoms with van der Waals surface area (Å²) < 4.78 is 13.5. The van der Waals surface area contributed by atoms with Gasteiger partial charge in [-0.15, -0.1) is 0 Å². The summed E-state index contributed by atoms with van der Waals surface area (Å²) in [7, 11) is 1.69. The molecule has 0 bridgehead atoms. The van der Waals surface area contributed by atoms with Gasteiger partial charge in [0.2, 0.25) is 11.8 Å². The van der Waals surface area contributed by atoms with Gasteiger partial charge in [-0.2, -0.15) is 0 Å². The zero-order valence-corrected chi connectivity index (χ0v) is 12.7. The van der Waals surface area contributed by atoms with Crippen molar-refractivity contribution < 1.29 is 14.0 Å². The highest BCUT2D eigenvalue weighted by molar-refractivity contribution is 5.84. The average molecular weight is 304 g/mol. The van der Waals surface area contributed by atoms with E-state index in [0.717, 1.165) is 0 Å². The summed E-state index contributed by atoms with van der Waals surface area (Å²) in [5.74, 6) is -0.0788. The van der Waals surface area contributed by atoms with Crippen LogP contribution in [-0.4, -0.2) is 30.3 Å². The Morgan fingerprint density at radius 1 is 1.36 bits per heavy atom. The third-order valence-electron chi connectivity index (χ3n) is 4.65.